The maximum atomic E-state index is 12.8. The van der Waals surface area contributed by atoms with E-state index in [1.807, 2.05) is 36.7 Å². The van der Waals surface area contributed by atoms with Crippen molar-refractivity contribution in [3.8, 4) is 22.3 Å². The van der Waals surface area contributed by atoms with E-state index < -0.39 is 11.9 Å². The average molecular weight is 416 g/mol. The van der Waals surface area contributed by atoms with Crippen molar-refractivity contribution >= 4 is 28.9 Å². The first-order valence-electron chi connectivity index (χ1n) is 9.85. The lowest BCUT2D eigenvalue weighted by atomic mass is 9.94. The number of carbonyl (C=O) groups is 2. The van der Waals surface area contributed by atoms with Crippen molar-refractivity contribution < 1.29 is 19.1 Å². The summed E-state index contributed by atoms with van der Waals surface area (Å²) < 4.78 is 10.1. The Morgan fingerprint density at radius 1 is 0.935 bits per heavy atom. The van der Waals surface area contributed by atoms with Gasteiger partial charge in [-0.3, -0.25) is 4.99 Å². The smallest absolute Gasteiger partial charge is 0.355 e. The molecule has 0 fully saturated rings. The van der Waals surface area contributed by atoms with Crippen molar-refractivity contribution in [2.24, 2.45) is 4.99 Å². The molecule has 0 unspecified atom stereocenters. The normalized spacial score (nSPS) is 12.7. The first kappa shape index (κ1) is 18.9. The largest absolute Gasteiger partial charge is 0.464 e. The van der Waals surface area contributed by atoms with E-state index in [1.165, 1.54) is 14.2 Å². The number of nitrogens with one attached hydrogen (secondary N) is 3. The number of ether oxygens (including phenoxy) is 2. The summed E-state index contributed by atoms with van der Waals surface area (Å²) in [5.74, 6) is -1.15. The highest BCUT2D eigenvalue weighted by atomic mass is 16.5. The van der Waals surface area contributed by atoms with Crippen LogP contribution in [0.2, 0.25) is 0 Å². The summed E-state index contributed by atoms with van der Waals surface area (Å²) in [5.41, 5.74) is 4.73. The van der Waals surface area contributed by atoms with Crippen LogP contribution in [-0.2, 0) is 9.47 Å². The van der Waals surface area contributed by atoms with Gasteiger partial charge >= 0.3 is 11.9 Å². The molecule has 1 aliphatic rings. The summed E-state index contributed by atoms with van der Waals surface area (Å²) in [5, 5.41) is 1.82. The average Bonchev–Trinajstić information content (AvgIpc) is 3.52. The van der Waals surface area contributed by atoms with Crippen molar-refractivity contribution in [3.63, 3.8) is 0 Å². The second-order valence-electron chi connectivity index (χ2n) is 7.20. The molecule has 156 valence electrons. The van der Waals surface area contributed by atoms with Crippen LogP contribution in [0.5, 0.6) is 0 Å². The van der Waals surface area contributed by atoms with Crippen LogP contribution in [0.15, 0.2) is 41.7 Å². The fraction of sp³-hybridized carbons (Fsp3) is 0.174. The predicted octanol–water partition coefficient (Wildman–Crippen LogP) is 2.54. The van der Waals surface area contributed by atoms with Crippen LogP contribution >= 0.6 is 0 Å². The molecule has 0 saturated heterocycles. The van der Waals surface area contributed by atoms with E-state index in [1.54, 1.807) is 0 Å². The molecule has 0 radical (unpaired) electrons. The van der Waals surface area contributed by atoms with Gasteiger partial charge in [-0.05, 0) is 12.5 Å². The van der Waals surface area contributed by atoms with Crippen LogP contribution in [0.4, 0.5) is 0 Å². The molecule has 3 aromatic heterocycles. The molecule has 0 spiro atoms. The number of nitrogens with zero attached hydrogens (tertiary/aromatic N) is 1. The molecule has 0 bridgehead atoms. The van der Waals surface area contributed by atoms with Gasteiger partial charge in [0.2, 0.25) is 0 Å². The zero-order valence-corrected chi connectivity index (χ0v) is 17.0. The van der Waals surface area contributed by atoms with Crippen LogP contribution in [0.25, 0.3) is 39.2 Å². The summed E-state index contributed by atoms with van der Waals surface area (Å²) in [6.07, 6.45) is 6.52. The Labute approximate surface area is 176 Å². The van der Waals surface area contributed by atoms with E-state index in [9.17, 15) is 9.59 Å². The van der Waals surface area contributed by atoms with Crippen LogP contribution in [-0.4, -0.2) is 47.7 Å². The molecule has 8 heteroatoms. The first-order chi connectivity index (χ1) is 15.1. The standard InChI is InChI=1S/C23H20N4O4/c1-30-22(28)19-17(14-10-25-16-8-4-3-6-12(14)16)18(20(27-19)23(29)31-2)15-11-26-21-13(15)7-5-9-24-21/h3-4,6-8,10-11,25,27H,5,9H2,1-2H3,(H,24,26). The van der Waals surface area contributed by atoms with E-state index in [-0.39, 0.29) is 11.4 Å². The number of esters is 2. The van der Waals surface area contributed by atoms with Gasteiger partial charge in [0.15, 0.2) is 0 Å². The Morgan fingerprint density at radius 2 is 1.61 bits per heavy atom. The SMILES string of the molecule is COC(=O)c1[nH]c(C(=O)OC)c(-c2c[nH]c3ccccc23)c1-c1c[nH]c2c1=CCCN=2. The van der Waals surface area contributed by atoms with Gasteiger partial charge in [0.25, 0.3) is 0 Å². The number of aromatic nitrogens is 3. The number of hydrogen-bond donors (Lipinski definition) is 3. The highest BCUT2D eigenvalue weighted by Crippen LogP contribution is 2.40. The van der Waals surface area contributed by atoms with E-state index in [0.717, 1.165) is 39.2 Å². The van der Waals surface area contributed by atoms with E-state index in [4.69, 9.17) is 9.47 Å². The summed E-state index contributed by atoms with van der Waals surface area (Å²) in [7, 11) is 2.62. The molecule has 1 aliphatic heterocycles. The third-order valence-corrected chi connectivity index (χ3v) is 5.55. The fourth-order valence-corrected chi connectivity index (χ4v) is 4.18. The quantitative estimate of drug-likeness (QED) is 0.444. The molecule has 4 heterocycles. The number of para-hydroxylation sites is 1. The van der Waals surface area contributed by atoms with Crippen molar-refractivity contribution in [1.82, 2.24) is 15.0 Å². The van der Waals surface area contributed by atoms with Crippen LogP contribution in [0, 0.1) is 0 Å². The fourth-order valence-electron chi connectivity index (χ4n) is 4.18. The molecule has 0 aliphatic carbocycles. The van der Waals surface area contributed by atoms with E-state index >= 15 is 0 Å². The highest BCUT2D eigenvalue weighted by molar-refractivity contribution is 6.12. The Bertz CT molecular complexity index is 1450. The minimum Gasteiger partial charge on any atom is -0.464 e. The summed E-state index contributed by atoms with van der Waals surface area (Å²) >= 11 is 0. The zero-order valence-electron chi connectivity index (χ0n) is 17.0. The van der Waals surface area contributed by atoms with Gasteiger partial charge in [0, 0.05) is 57.3 Å². The molecule has 0 atom stereocenters. The number of hydrogen-bond acceptors (Lipinski definition) is 5. The Balaban J connectivity index is 1.93. The van der Waals surface area contributed by atoms with Gasteiger partial charge in [0.05, 0.1) is 14.2 Å². The maximum Gasteiger partial charge on any atom is 0.355 e. The van der Waals surface area contributed by atoms with Gasteiger partial charge in [-0.1, -0.05) is 24.3 Å². The van der Waals surface area contributed by atoms with Crippen LogP contribution < -0.4 is 10.7 Å². The van der Waals surface area contributed by atoms with Gasteiger partial charge in [-0.2, -0.15) is 0 Å². The third kappa shape index (κ3) is 2.87. The number of benzene rings is 1. The number of rotatable bonds is 4. The highest BCUT2D eigenvalue weighted by Gasteiger charge is 2.30. The molecular weight excluding hydrogens is 396 g/mol. The second-order valence-corrected chi connectivity index (χ2v) is 7.20. The van der Waals surface area contributed by atoms with Gasteiger partial charge in [0.1, 0.15) is 16.9 Å². The molecule has 8 nitrogen and oxygen atoms in total. The van der Waals surface area contributed by atoms with E-state index in [0.29, 0.717) is 17.7 Å². The Morgan fingerprint density at radius 3 is 2.35 bits per heavy atom. The summed E-state index contributed by atoms with van der Waals surface area (Å²) in [6, 6.07) is 7.77. The number of carbonyl (C=O) groups excluding carboxylic acids is 2. The third-order valence-electron chi connectivity index (χ3n) is 5.55. The first-order valence-corrected chi connectivity index (χ1v) is 9.85. The van der Waals surface area contributed by atoms with Crippen LogP contribution in [0.3, 0.4) is 0 Å². The minimum absolute atomic E-state index is 0.184. The van der Waals surface area contributed by atoms with Crippen molar-refractivity contribution in [2.45, 2.75) is 6.42 Å². The molecule has 0 saturated carbocycles. The summed E-state index contributed by atoms with van der Waals surface area (Å²) in [6.45, 7) is 0.701. The molecular formula is C23H20N4O4. The molecule has 3 N–H and O–H groups in total. The second kappa shape index (κ2) is 7.32. The maximum absolute atomic E-state index is 12.8. The lowest BCUT2D eigenvalue weighted by Crippen LogP contribution is -2.27. The van der Waals surface area contributed by atoms with Gasteiger partial charge in [-0.25, -0.2) is 9.59 Å². The molecule has 0 amide bonds. The lowest BCUT2D eigenvalue weighted by molar-refractivity contribution is 0.0591. The number of fused-ring (bicyclic) bond motifs is 2. The lowest BCUT2D eigenvalue weighted by Gasteiger charge is -2.07. The van der Waals surface area contributed by atoms with E-state index in [2.05, 4.69) is 26.0 Å². The van der Waals surface area contributed by atoms with Gasteiger partial charge in [-0.15, -0.1) is 0 Å². The van der Waals surface area contributed by atoms with Crippen molar-refractivity contribution in [2.75, 3.05) is 20.8 Å². The molecule has 4 aromatic rings. The monoisotopic (exact) mass is 416 g/mol. The molecule has 31 heavy (non-hydrogen) atoms. The minimum atomic E-state index is -0.575. The zero-order chi connectivity index (χ0) is 21.5. The Kier molecular flexibility index (Phi) is 4.47. The molecule has 5 rings (SSSR count). The van der Waals surface area contributed by atoms with Gasteiger partial charge < -0.3 is 24.4 Å². The van der Waals surface area contributed by atoms with Crippen molar-refractivity contribution in [1.29, 1.82) is 0 Å². The van der Waals surface area contributed by atoms with Crippen LogP contribution in [0.1, 0.15) is 27.4 Å². The number of H-pyrrole nitrogens is 3. The number of methoxy groups -OCH3 is 2. The summed E-state index contributed by atoms with van der Waals surface area (Å²) in [4.78, 5) is 39.4. The topological polar surface area (TPSA) is 112 Å². The predicted molar refractivity (Wildman–Crippen MR) is 115 cm³/mol. The van der Waals surface area contributed by atoms with Crippen molar-refractivity contribution in [3.05, 3.63) is 58.8 Å². The Hall–Kier alpha value is -4.07. The number of aromatic amines is 3. The molecule has 1 aromatic carbocycles.